The average molecular weight is 412 g/mol. The fraction of sp³-hybridized carbons (Fsp3) is 0.480. The number of benzene rings is 2. The summed E-state index contributed by atoms with van der Waals surface area (Å²) in [6.07, 6.45) is 4.12. The molecular weight excluding hydrogens is 381 g/mol. The number of carbonyl (C=O) groups is 1. The number of fused-ring (bicyclic) bond motifs is 2. The number of ether oxygens (including phenoxy) is 1. The summed E-state index contributed by atoms with van der Waals surface area (Å²) in [6, 6.07) is 13.5. The lowest BCUT2D eigenvalue weighted by atomic mass is 9.74. The van der Waals surface area contributed by atoms with Crippen molar-refractivity contribution in [1.82, 2.24) is 4.90 Å². The van der Waals surface area contributed by atoms with Crippen LogP contribution in [0.25, 0.3) is 0 Å². The first-order valence-corrected chi connectivity index (χ1v) is 10.9. The number of aliphatic carboxylic acids is 1. The van der Waals surface area contributed by atoms with E-state index in [1.165, 1.54) is 23.3 Å². The van der Waals surface area contributed by atoms with Gasteiger partial charge in [-0.2, -0.15) is 0 Å². The highest BCUT2D eigenvalue weighted by atomic mass is 19.1. The van der Waals surface area contributed by atoms with E-state index in [1.54, 1.807) is 0 Å². The zero-order valence-corrected chi connectivity index (χ0v) is 17.6. The van der Waals surface area contributed by atoms with Gasteiger partial charge in [0, 0.05) is 17.5 Å². The fourth-order valence-electron chi connectivity index (χ4n) is 4.91. The number of likely N-dealkylation sites (tertiary alicyclic amines) is 1. The third-order valence-corrected chi connectivity index (χ3v) is 6.66. The van der Waals surface area contributed by atoms with E-state index in [4.69, 9.17) is 9.84 Å². The summed E-state index contributed by atoms with van der Waals surface area (Å²) < 4.78 is 19.2. The van der Waals surface area contributed by atoms with Crippen molar-refractivity contribution in [3.63, 3.8) is 0 Å². The van der Waals surface area contributed by atoms with E-state index in [-0.39, 0.29) is 17.7 Å². The van der Waals surface area contributed by atoms with E-state index >= 15 is 0 Å². The number of hydrogen-bond donors (Lipinski definition) is 1. The van der Waals surface area contributed by atoms with E-state index in [1.807, 2.05) is 12.1 Å². The topological polar surface area (TPSA) is 49.8 Å². The number of hydrogen-bond acceptors (Lipinski definition) is 3. The molecule has 0 amide bonds. The maximum absolute atomic E-state index is 13.1. The minimum Gasteiger partial charge on any atom is -0.492 e. The van der Waals surface area contributed by atoms with Crippen molar-refractivity contribution in [1.29, 1.82) is 0 Å². The highest BCUT2D eigenvalue weighted by Crippen LogP contribution is 2.46. The second-order valence-corrected chi connectivity index (χ2v) is 9.02. The number of carboxylic acid groups (broad SMARTS) is 1. The van der Waals surface area contributed by atoms with Gasteiger partial charge in [-0.05, 0) is 74.0 Å². The van der Waals surface area contributed by atoms with Crippen LogP contribution in [0.1, 0.15) is 42.9 Å². The van der Waals surface area contributed by atoms with Crippen molar-refractivity contribution in [2.24, 2.45) is 5.92 Å². The normalized spacial score (nSPS) is 18.7. The summed E-state index contributed by atoms with van der Waals surface area (Å²) in [7, 11) is 0. The molecule has 0 bridgehead atoms. The Balaban J connectivity index is 1.37. The van der Waals surface area contributed by atoms with E-state index in [9.17, 15) is 9.18 Å². The van der Waals surface area contributed by atoms with Gasteiger partial charge in [-0.15, -0.1) is 0 Å². The van der Waals surface area contributed by atoms with Gasteiger partial charge in [-0.25, -0.2) is 4.39 Å². The Kier molecular flexibility index (Phi) is 6.09. The van der Waals surface area contributed by atoms with Crippen molar-refractivity contribution < 1.29 is 19.0 Å². The molecule has 160 valence electrons. The molecule has 2 heterocycles. The van der Waals surface area contributed by atoms with Gasteiger partial charge in [-0.1, -0.05) is 31.2 Å². The lowest BCUT2D eigenvalue weighted by molar-refractivity contribution is -0.137. The van der Waals surface area contributed by atoms with Crippen LogP contribution in [0.15, 0.2) is 42.5 Å². The zero-order valence-electron chi connectivity index (χ0n) is 17.6. The van der Waals surface area contributed by atoms with Crippen LogP contribution in [0.5, 0.6) is 5.75 Å². The van der Waals surface area contributed by atoms with Gasteiger partial charge in [0.05, 0.1) is 13.0 Å². The zero-order chi connectivity index (χ0) is 21.1. The molecule has 1 spiro atoms. The molecule has 1 N–H and O–H groups in total. The monoisotopic (exact) mass is 411 g/mol. The smallest absolute Gasteiger partial charge is 0.304 e. The van der Waals surface area contributed by atoms with Gasteiger partial charge in [0.15, 0.2) is 0 Å². The van der Waals surface area contributed by atoms with Crippen molar-refractivity contribution in [2.75, 3.05) is 26.2 Å². The molecule has 30 heavy (non-hydrogen) atoms. The van der Waals surface area contributed by atoms with Gasteiger partial charge < -0.3 is 14.7 Å². The highest BCUT2D eigenvalue weighted by molar-refractivity contribution is 5.66. The highest BCUT2D eigenvalue weighted by Gasteiger charge is 2.43. The first kappa shape index (κ1) is 20.9. The van der Waals surface area contributed by atoms with Gasteiger partial charge in [0.2, 0.25) is 0 Å². The Labute approximate surface area is 177 Å². The number of piperidine rings is 1. The number of halogens is 1. The van der Waals surface area contributed by atoms with Crippen LogP contribution in [0.2, 0.25) is 0 Å². The molecular formula is C25H30FNO3. The van der Waals surface area contributed by atoms with E-state index in [0.717, 1.165) is 56.7 Å². The van der Waals surface area contributed by atoms with E-state index in [0.29, 0.717) is 12.5 Å². The molecule has 4 nitrogen and oxygen atoms in total. The lowest BCUT2D eigenvalue weighted by Crippen LogP contribution is -2.44. The molecule has 2 aromatic carbocycles. The molecule has 0 aromatic heterocycles. The largest absolute Gasteiger partial charge is 0.492 e. The quantitative estimate of drug-likeness (QED) is 0.731. The third-order valence-electron chi connectivity index (χ3n) is 6.66. The Bertz CT molecular complexity index is 888. The Morgan fingerprint density at radius 1 is 1.13 bits per heavy atom. The van der Waals surface area contributed by atoms with E-state index in [2.05, 4.69) is 30.0 Å². The summed E-state index contributed by atoms with van der Waals surface area (Å²) in [5.74, 6) is 0.552. The lowest BCUT2D eigenvalue weighted by Gasteiger charge is -2.38. The van der Waals surface area contributed by atoms with Crippen molar-refractivity contribution >= 4 is 5.97 Å². The van der Waals surface area contributed by atoms with Crippen molar-refractivity contribution in [2.45, 2.75) is 44.4 Å². The first-order valence-electron chi connectivity index (χ1n) is 10.9. The summed E-state index contributed by atoms with van der Waals surface area (Å²) in [6.45, 7) is 5.43. The van der Waals surface area contributed by atoms with Crippen LogP contribution >= 0.6 is 0 Å². The number of rotatable bonds is 7. The Hall–Kier alpha value is -2.40. The maximum atomic E-state index is 13.1. The van der Waals surface area contributed by atoms with E-state index < -0.39 is 5.97 Å². The second-order valence-electron chi connectivity index (χ2n) is 9.02. The van der Waals surface area contributed by atoms with Gasteiger partial charge in [0.1, 0.15) is 11.6 Å². The maximum Gasteiger partial charge on any atom is 0.304 e. The predicted molar refractivity (Wildman–Crippen MR) is 115 cm³/mol. The summed E-state index contributed by atoms with van der Waals surface area (Å²) in [5, 5.41) is 8.90. The molecule has 0 aliphatic carbocycles. The predicted octanol–water partition coefficient (Wildman–Crippen LogP) is 4.45. The SMILES string of the molecule is C[C@H](Cc1ccc(F)cc1)Cc1ccc2c(c1)OCC21CCN(CCC(=O)O)CC1. The van der Waals surface area contributed by atoms with Crippen LogP contribution < -0.4 is 4.74 Å². The van der Waals surface area contributed by atoms with Gasteiger partial charge in [-0.3, -0.25) is 4.79 Å². The molecule has 2 aliphatic heterocycles. The van der Waals surface area contributed by atoms with Crippen LogP contribution in [-0.4, -0.2) is 42.2 Å². The first-order chi connectivity index (χ1) is 14.4. The van der Waals surface area contributed by atoms with Gasteiger partial charge in [0.25, 0.3) is 0 Å². The number of nitrogens with zero attached hydrogens (tertiary/aromatic N) is 1. The fourth-order valence-corrected chi connectivity index (χ4v) is 4.91. The molecule has 1 fully saturated rings. The minimum absolute atomic E-state index is 0.0767. The minimum atomic E-state index is -0.731. The van der Waals surface area contributed by atoms with Gasteiger partial charge >= 0.3 is 5.97 Å². The molecule has 5 heteroatoms. The second kappa shape index (κ2) is 8.76. The Morgan fingerprint density at radius 3 is 2.50 bits per heavy atom. The Morgan fingerprint density at radius 2 is 1.80 bits per heavy atom. The molecule has 0 radical (unpaired) electrons. The molecule has 1 saturated heterocycles. The standard InChI is InChI=1S/C25H30FNO3/c1-18(14-19-2-5-21(26)6-3-19)15-20-4-7-22-23(16-20)30-17-25(22)9-12-27(13-10-25)11-8-24(28)29/h2-7,16,18H,8-15,17H2,1H3,(H,28,29)/t18-/m1/s1. The van der Waals surface area contributed by atoms with Crippen molar-refractivity contribution in [3.05, 3.63) is 65.0 Å². The average Bonchev–Trinajstić information content (AvgIpc) is 3.07. The summed E-state index contributed by atoms with van der Waals surface area (Å²) >= 11 is 0. The molecule has 1 atom stereocenters. The molecule has 0 unspecified atom stereocenters. The van der Waals surface area contributed by atoms with Crippen LogP contribution in [0.3, 0.4) is 0 Å². The summed E-state index contributed by atoms with van der Waals surface area (Å²) in [4.78, 5) is 13.1. The molecule has 4 rings (SSSR count). The van der Waals surface area contributed by atoms with Crippen LogP contribution in [0.4, 0.5) is 4.39 Å². The van der Waals surface area contributed by atoms with Crippen LogP contribution in [0, 0.1) is 11.7 Å². The molecule has 2 aliphatic rings. The molecule has 2 aromatic rings. The molecule has 0 saturated carbocycles. The summed E-state index contributed by atoms with van der Waals surface area (Å²) in [5.41, 5.74) is 3.83. The third kappa shape index (κ3) is 4.67. The number of carboxylic acids is 1. The van der Waals surface area contributed by atoms with Crippen LogP contribution in [-0.2, 0) is 23.1 Å². The van der Waals surface area contributed by atoms with Crippen molar-refractivity contribution in [3.8, 4) is 5.75 Å².